The first-order valence-electron chi connectivity index (χ1n) is 3.50. The Kier molecular flexibility index (Phi) is 2.04. The van der Waals surface area contributed by atoms with Crippen molar-refractivity contribution in [3.63, 3.8) is 0 Å². The van der Waals surface area contributed by atoms with Gasteiger partial charge in [-0.3, -0.25) is 4.99 Å². The first-order valence-corrected chi connectivity index (χ1v) is 3.50. The summed E-state index contributed by atoms with van der Waals surface area (Å²) < 4.78 is 0. The standard InChI is InChI=1S/C8H13N/c1-7(2)6-8-4-3-5-9-8/h4-5,7H,3,6H2,1-2H3. The lowest BCUT2D eigenvalue weighted by molar-refractivity contribution is 0.640. The zero-order valence-electron chi connectivity index (χ0n) is 6.09. The van der Waals surface area contributed by atoms with Crippen LogP contribution in [0.4, 0.5) is 0 Å². The van der Waals surface area contributed by atoms with E-state index in [9.17, 15) is 0 Å². The fourth-order valence-electron chi connectivity index (χ4n) is 0.966. The van der Waals surface area contributed by atoms with E-state index in [4.69, 9.17) is 0 Å². The van der Waals surface area contributed by atoms with E-state index in [1.54, 1.807) is 0 Å². The molecular weight excluding hydrogens is 110 g/mol. The number of hydrogen-bond donors (Lipinski definition) is 0. The van der Waals surface area contributed by atoms with E-state index in [0.717, 1.165) is 18.8 Å². The molecular formula is C8H13N. The zero-order chi connectivity index (χ0) is 6.69. The number of allylic oxidation sites excluding steroid dienone is 2. The second-order valence-corrected chi connectivity index (χ2v) is 2.84. The maximum absolute atomic E-state index is 4.21. The maximum Gasteiger partial charge on any atom is 0.0366 e. The highest BCUT2D eigenvalue weighted by atomic mass is 14.7. The van der Waals surface area contributed by atoms with Crippen LogP contribution in [0.2, 0.25) is 0 Å². The molecule has 0 atom stereocenters. The minimum absolute atomic E-state index is 0.742. The number of rotatable bonds is 2. The van der Waals surface area contributed by atoms with E-state index in [1.165, 1.54) is 5.70 Å². The van der Waals surface area contributed by atoms with Gasteiger partial charge >= 0.3 is 0 Å². The molecule has 0 radical (unpaired) electrons. The van der Waals surface area contributed by atoms with Crippen LogP contribution in [0.25, 0.3) is 0 Å². The van der Waals surface area contributed by atoms with Gasteiger partial charge in [0.1, 0.15) is 0 Å². The maximum atomic E-state index is 4.21. The summed E-state index contributed by atoms with van der Waals surface area (Å²) in [6, 6.07) is 0. The molecule has 0 aromatic rings. The van der Waals surface area contributed by atoms with Crippen molar-refractivity contribution < 1.29 is 0 Å². The van der Waals surface area contributed by atoms with E-state index in [-0.39, 0.29) is 0 Å². The lowest BCUT2D eigenvalue weighted by atomic mass is 10.1. The Morgan fingerprint density at radius 3 is 2.89 bits per heavy atom. The highest BCUT2D eigenvalue weighted by Crippen LogP contribution is 2.14. The highest BCUT2D eigenvalue weighted by molar-refractivity contribution is 5.64. The van der Waals surface area contributed by atoms with Crippen LogP contribution >= 0.6 is 0 Å². The lowest BCUT2D eigenvalue weighted by Gasteiger charge is -2.00. The van der Waals surface area contributed by atoms with Crippen molar-refractivity contribution in [1.82, 2.24) is 0 Å². The van der Waals surface area contributed by atoms with Crippen molar-refractivity contribution in [3.8, 4) is 0 Å². The molecule has 9 heavy (non-hydrogen) atoms. The van der Waals surface area contributed by atoms with Crippen molar-refractivity contribution in [2.45, 2.75) is 26.7 Å². The third-order valence-electron chi connectivity index (χ3n) is 1.33. The van der Waals surface area contributed by atoms with E-state index in [0.29, 0.717) is 0 Å². The van der Waals surface area contributed by atoms with Crippen LogP contribution in [0.3, 0.4) is 0 Å². The fraction of sp³-hybridized carbons (Fsp3) is 0.625. The van der Waals surface area contributed by atoms with Crippen molar-refractivity contribution in [3.05, 3.63) is 11.8 Å². The third kappa shape index (κ3) is 2.00. The molecule has 1 aliphatic heterocycles. The summed E-state index contributed by atoms with van der Waals surface area (Å²) in [5.74, 6) is 0.742. The van der Waals surface area contributed by atoms with Crippen LogP contribution in [0.15, 0.2) is 16.8 Å². The van der Waals surface area contributed by atoms with Gasteiger partial charge in [-0.15, -0.1) is 0 Å². The third-order valence-corrected chi connectivity index (χ3v) is 1.33. The van der Waals surface area contributed by atoms with Gasteiger partial charge in [0.15, 0.2) is 0 Å². The van der Waals surface area contributed by atoms with Crippen LogP contribution in [-0.4, -0.2) is 6.21 Å². The average Bonchev–Trinajstić information content (AvgIpc) is 2.15. The second-order valence-electron chi connectivity index (χ2n) is 2.84. The predicted molar refractivity (Wildman–Crippen MR) is 40.6 cm³/mol. The van der Waals surface area contributed by atoms with Gasteiger partial charge in [0.25, 0.3) is 0 Å². The van der Waals surface area contributed by atoms with E-state index >= 15 is 0 Å². The first-order chi connectivity index (χ1) is 4.29. The largest absolute Gasteiger partial charge is 0.266 e. The Balaban J connectivity index is 2.35. The molecule has 0 aromatic heterocycles. The summed E-state index contributed by atoms with van der Waals surface area (Å²) in [6.07, 6.45) is 6.34. The average molecular weight is 123 g/mol. The molecule has 0 fully saturated rings. The Hall–Kier alpha value is -0.590. The molecule has 50 valence electrons. The topological polar surface area (TPSA) is 12.4 Å². The molecule has 1 heteroatoms. The monoisotopic (exact) mass is 123 g/mol. The van der Waals surface area contributed by atoms with Crippen LogP contribution in [0.5, 0.6) is 0 Å². The molecule has 0 bridgehead atoms. The van der Waals surface area contributed by atoms with E-state index in [2.05, 4.69) is 24.9 Å². The van der Waals surface area contributed by atoms with Crippen LogP contribution in [0, 0.1) is 5.92 Å². The van der Waals surface area contributed by atoms with Gasteiger partial charge in [-0.1, -0.05) is 19.9 Å². The van der Waals surface area contributed by atoms with Crippen molar-refractivity contribution in [1.29, 1.82) is 0 Å². The van der Waals surface area contributed by atoms with Gasteiger partial charge < -0.3 is 0 Å². The van der Waals surface area contributed by atoms with Gasteiger partial charge in [0.2, 0.25) is 0 Å². The molecule has 0 unspecified atom stereocenters. The summed E-state index contributed by atoms with van der Waals surface area (Å²) >= 11 is 0. The zero-order valence-corrected chi connectivity index (χ0v) is 6.09. The molecule has 0 aliphatic carbocycles. The quantitative estimate of drug-likeness (QED) is 0.534. The normalized spacial score (nSPS) is 17.0. The van der Waals surface area contributed by atoms with Crippen molar-refractivity contribution in [2.75, 3.05) is 0 Å². The highest BCUT2D eigenvalue weighted by Gasteiger charge is 2.00. The molecule has 1 aliphatic rings. The number of nitrogens with zero attached hydrogens (tertiary/aromatic N) is 1. The Morgan fingerprint density at radius 2 is 2.44 bits per heavy atom. The molecule has 0 N–H and O–H groups in total. The Bertz CT molecular complexity index is 143. The Labute approximate surface area is 56.5 Å². The molecule has 1 rings (SSSR count). The number of aliphatic imine (C=N–C) groups is 1. The molecule has 0 spiro atoms. The van der Waals surface area contributed by atoms with Gasteiger partial charge in [0, 0.05) is 18.3 Å². The van der Waals surface area contributed by atoms with E-state index in [1.807, 2.05) is 6.21 Å². The summed E-state index contributed by atoms with van der Waals surface area (Å²) in [6.45, 7) is 4.43. The number of hydrogen-bond acceptors (Lipinski definition) is 1. The molecule has 0 saturated heterocycles. The first kappa shape index (κ1) is 6.53. The molecule has 0 amide bonds. The van der Waals surface area contributed by atoms with Crippen molar-refractivity contribution in [2.24, 2.45) is 10.9 Å². The van der Waals surface area contributed by atoms with Crippen LogP contribution in [0.1, 0.15) is 26.7 Å². The lowest BCUT2D eigenvalue weighted by Crippen LogP contribution is -1.86. The van der Waals surface area contributed by atoms with E-state index < -0.39 is 0 Å². The minimum Gasteiger partial charge on any atom is -0.266 e. The Morgan fingerprint density at radius 1 is 1.67 bits per heavy atom. The van der Waals surface area contributed by atoms with Crippen molar-refractivity contribution >= 4 is 6.21 Å². The summed E-state index contributed by atoms with van der Waals surface area (Å²) in [5, 5.41) is 0. The van der Waals surface area contributed by atoms with Crippen LogP contribution < -0.4 is 0 Å². The molecule has 0 aromatic carbocycles. The fourth-order valence-corrected chi connectivity index (χ4v) is 0.966. The van der Waals surface area contributed by atoms with Gasteiger partial charge in [-0.05, 0) is 12.3 Å². The predicted octanol–water partition coefficient (Wildman–Crippen LogP) is 2.39. The smallest absolute Gasteiger partial charge is 0.0366 e. The van der Waals surface area contributed by atoms with Gasteiger partial charge in [-0.25, -0.2) is 0 Å². The van der Waals surface area contributed by atoms with Crippen LogP contribution in [-0.2, 0) is 0 Å². The SMILES string of the molecule is CC(C)CC1=CCC=N1. The van der Waals surface area contributed by atoms with Gasteiger partial charge in [-0.2, -0.15) is 0 Å². The summed E-state index contributed by atoms with van der Waals surface area (Å²) in [5.41, 5.74) is 1.27. The molecule has 1 nitrogen and oxygen atoms in total. The molecule has 1 heterocycles. The van der Waals surface area contributed by atoms with Gasteiger partial charge in [0.05, 0.1) is 0 Å². The molecule has 0 saturated carbocycles. The second kappa shape index (κ2) is 2.81. The summed E-state index contributed by atoms with van der Waals surface area (Å²) in [4.78, 5) is 4.21. The summed E-state index contributed by atoms with van der Waals surface area (Å²) in [7, 11) is 0. The minimum atomic E-state index is 0.742.